The van der Waals surface area contributed by atoms with Crippen molar-refractivity contribution in [3.63, 3.8) is 0 Å². The summed E-state index contributed by atoms with van der Waals surface area (Å²) in [7, 11) is 0. The molecular weight excluding hydrogens is 172 g/mol. The molecule has 84 valence electrons. The number of nitrogens with one attached hydrogen (secondary N) is 1. The van der Waals surface area contributed by atoms with Gasteiger partial charge in [-0.2, -0.15) is 0 Å². The number of hydrogen-bond donors (Lipinski definition) is 2. The van der Waals surface area contributed by atoms with Gasteiger partial charge in [0.25, 0.3) is 0 Å². The van der Waals surface area contributed by atoms with Crippen molar-refractivity contribution in [1.82, 2.24) is 5.43 Å². The maximum absolute atomic E-state index is 5.64. The summed E-state index contributed by atoms with van der Waals surface area (Å²) in [5.74, 6) is 8.13. The van der Waals surface area contributed by atoms with E-state index in [0.717, 1.165) is 17.8 Å². The molecule has 1 fully saturated rings. The molecule has 1 saturated carbocycles. The number of hydrazine groups is 1. The second-order valence-corrected chi connectivity index (χ2v) is 5.42. The van der Waals surface area contributed by atoms with Gasteiger partial charge in [0, 0.05) is 6.04 Å². The van der Waals surface area contributed by atoms with Crippen LogP contribution in [-0.4, -0.2) is 6.04 Å². The van der Waals surface area contributed by atoms with Crippen LogP contribution >= 0.6 is 0 Å². The Hall–Kier alpha value is -0.0800. The first-order valence-corrected chi connectivity index (χ1v) is 6.09. The van der Waals surface area contributed by atoms with Gasteiger partial charge in [-0.3, -0.25) is 11.3 Å². The van der Waals surface area contributed by atoms with Gasteiger partial charge >= 0.3 is 0 Å². The summed E-state index contributed by atoms with van der Waals surface area (Å²) >= 11 is 0. The van der Waals surface area contributed by atoms with Crippen LogP contribution in [0.15, 0.2) is 0 Å². The van der Waals surface area contributed by atoms with Crippen LogP contribution in [-0.2, 0) is 0 Å². The molecule has 1 aliphatic carbocycles. The minimum Gasteiger partial charge on any atom is -0.271 e. The fourth-order valence-electron chi connectivity index (χ4n) is 2.59. The average Bonchev–Trinajstić information content (AvgIpc) is 2.15. The first kappa shape index (κ1) is 12.0. The summed E-state index contributed by atoms with van der Waals surface area (Å²) in [5.41, 5.74) is 3.02. The second-order valence-electron chi connectivity index (χ2n) is 5.42. The lowest BCUT2D eigenvalue weighted by Gasteiger charge is -2.33. The predicted octanol–water partition coefficient (Wildman–Crippen LogP) is 2.69. The molecule has 0 aliphatic heterocycles. The van der Waals surface area contributed by atoms with E-state index >= 15 is 0 Å². The van der Waals surface area contributed by atoms with Crippen molar-refractivity contribution < 1.29 is 0 Å². The van der Waals surface area contributed by atoms with Crippen molar-refractivity contribution in [3.05, 3.63) is 0 Å². The lowest BCUT2D eigenvalue weighted by atomic mass is 9.77. The van der Waals surface area contributed by atoms with Crippen molar-refractivity contribution in [3.8, 4) is 0 Å². The molecule has 2 heteroatoms. The van der Waals surface area contributed by atoms with Gasteiger partial charge < -0.3 is 0 Å². The zero-order chi connectivity index (χ0) is 10.6. The van der Waals surface area contributed by atoms with Crippen molar-refractivity contribution in [1.29, 1.82) is 0 Å². The summed E-state index contributed by atoms with van der Waals surface area (Å²) in [6.07, 6.45) is 6.73. The van der Waals surface area contributed by atoms with Crippen LogP contribution in [0.4, 0.5) is 0 Å². The Bertz CT molecular complexity index is 148. The summed E-state index contributed by atoms with van der Waals surface area (Å²) in [6.45, 7) is 6.91. The van der Waals surface area contributed by atoms with Crippen LogP contribution in [0.3, 0.4) is 0 Å². The third-order valence-corrected chi connectivity index (χ3v) is 3.57. The first-order chi connectivity index (χ1) is 6.63. The third-order valence-electron chi connectivity index (χ3n) is 3.57. The molecule has 0 bridgehead atoms. The van der Waals surface area contributed by atoms with Gasteiger partial charge in [0.15, 0.2) is 0 Å². The molecule has 3 N–H and O–H groups in total. The largest absolute Gasteiger partial charge is 0.271 e. The molecule has 1 atom stereocenters. The minimum absolute atomic E-state index is 0.544. The maximum Gasteiger partial charge on any atom is 0.0241 e. The van der Waals surface area contributed by atoms with Gasteiger partial charge in [-0.05, 0) is 37.0 Å². The van der Waals surface area contributed by atoms with Gasteiger partial charge in [0.2, 0.25) is 0 Å². The second kappa shape index (κ2) is 5.72. The Morgan fingerprint density at radius 3 is 2.21 bits per heavy atom. The summed E-state index contributed by atoms with van der Waals surface area (Å²) in [5, 5.41) is 0. The molecule has 2 nitrogen and oxygen atoms in total. The van der Waals surface area contributed by atoms with E-state index in [-0.39, 0.29) is 0 Å². The van der Waals surface area contributed by atoms with Gasteiger partial charge in [-0.1, -0.05) is 33.6 Å². The monoisotopic (exact) mass is 198 g/mol. The molecule has 0 aromatic carbocycles. The van der Waals surface area contributed by atoms with E-state index in [4.69, 9.17) is 5.84 Å². The third kappa shape index (κ3) is 3.58. The lowest BCUT2D eigenvalue weighted by Crippen LogP contribution is -2.42. The van der Waals surface area contributed by atoms with Crippen LogP contribution in [0.5, 0.6) is 0 Å². The van der Waals surface area contributed by atoms with E-state index in [2.05, 4.69) is 26.2 Å². The fourth-order valence-corrected chi connectivity index (χ4v) is 2.59. The Morgan fingerprint density at radius 1 is 1.21 bits per heavy atom. The smallest absolute Gasteiger partial charge is 0.0241 e. The highest BCUT2D eigenvalue weighted by Crippen LogP contribution is 2.31. The van der Waals surface area contributed by atoms with E-state index in [1.54, 1.807) is 0 Å². The molecule has 1 unspecified atom stereocenters. The van der Waals surface area contributed by atoms with Gasteiger partial charge in [0.05, 0.1) is 0 Å². The molecular formula is C12H26N2. The van der Waals surface area contributed by atoms with Crippen LogP contribution in [0.25, 0.3) is 0 Å². The van der Waals surface area contributed by atoms with Crippen LogP contribution in [0.1, 0.15) is 52.9 Å². The SMILES string of the molecule is CC(C)CC(NN)C1CCC(C)CC1. The van der Waals surface area contributed by atoms with E-state index in [9.17, 15) is 0 Å². The highest BCUT2D eigenvalue weighted by molar-refractivity contribution is 4.80. The maximum atomic E-state index is 5.64. The zero-order valence-corrected chi connectivity index (χ0v) is 9.92. The number of hydrogen-bond acceptors (Lipinski definition) is 2. The predicted molar refractivity (Wildman–Crippen MR) is 61.7 cm³/mol. The Labute approximate surface area is 88.6 Å². The molecule has 0 aromatic rings. The molecule has 1 aliphatic rings. The van der Waals surface area contributed by atoms with Crippen LogP contribution < -0.4 is 11.3 Å². The quantitative estimate of drug-likeness (QED) is 0.538. The minimum atomic E-state index is 0.544. The average molecular weight is 198 g/mol. The first-order valence-electron chi connectivity index (χ1n) is 6.09. The van der Waals surface area contributed by atoms with Gasteiger partial charge in [0.1, 0.15) is 0 Å². The van der Waals surface area contributed by atoms with Crippen molar-refractivity contribution in [2.75, 3.05) is 0 Å². The highest BCUT2D eigenvalue weighted by atomic mass is 15.2. The van der Waals surface area contributed by atoms with Crippen molar-refractivity contribution in [2.45, 2.75) is 58.9 Å². The number of nitrogens with two attached hydrogens (primary N) is 1. The van der Waals surface area contributed by atoms with E-state index in [1.807, 2.05) is 0 Å². The summed E-state index contributed by atoms with van der Waals surface area (Å²) < 4.78 is 0. The van der Waals surface area contributed by atoms with Crippen molar-refractivity contribution >= 4 is 0 Å². The zero-order valence-electron chi connectivity index (χ0n) is 9.92. The molecule has 0 heterocycles. The Balaban J connectivity index is 2.36. The van der Waals surface area contributed by atoms with Crippen LogP contribution in [0.2, 0.25) is 0 Å². The molecule has 0 amide bonds. The van der Waals surface area contributed by atoms with Crippen LogP contribution in [0, 0.1) is 17.8 Å². The van der Waals surface area contributed by atoms with E-state index in [0.29, 0.717) is 6.04 Å². The lowest BCUT2D eigenvalue weighted by molar-refractivity contribution is 0.212. The Kier molecular flexibility index (Phi) is 4.90. The van der Waals surface area contributed by atoms with Gasteiger partial charge in [-0.15, -0.1) is 0 Å². The molecule has 0 radical (unpaired) electrons. The molecule has 14 heavy (non-hydrogen) atoms. The highest BCUT2D eigenvalue weighted by Gasteiger charge is 2.25. The number of rotatable bonds is 4. The molecule has 0 saturated heterocycles. The van der Waals surface area contributed by atoms with Gasteiger partial charge in [-0.25, -0.2) is 0 Å². The Morgan fingerprint density at radius 2 is 1.79 bits per heavy atom. The van der Waals surface area contributed by atoms with E-state index in [1.165, 1.54) is 32.1 Å². The standard InChI is InChI=1S/C12H26N2/c1-9(2)8-12(14-13)11-6-4-10(3)5-7-11/h9-12,14H,4-8,13H2,1-3H3. The normalized spacial score (nSPS) is 30.6. The van der Waals surface area contributed by atoms with E-state index < -0.39 is 0 Å². The molecule has 0 aromatic heterocycles. The van der Waals surface area contributed by atoms with Crippen molar-refractivity contribution in [2.24, 2.45) is 23.6 Å². The molecule has 1 rings (SSSR count). The molecule has 0 spiro atoms. The fraction of sp³-hybridized carbons (Fsp3) is 1.00. The summed E-state index contributed by atoms with van der Waals surface area (Å²) in [6, 6.07) is 0.544. The summed E-state index contributed by atoms with van der Waals surface area (Å²) in [4.78, 5) is 0. The topological polar surface area (TPSA) is 38.0 Å².